The zero-order valence-corrected chi connectivity index (χ0v) is 17.8. The standard InChI is InChI=1S/C24H34O6/c1-3-5-6-15(4-2)22(16-7-18(11-25)23(29)19(8-16)12-26)17-9-20(13-27)24(30)21(10-17)14-28/h7-10,15,22,25-30H,3-6,11-14H2,1-2H3. The normalized spacial score (nSPS) is 12.5. The van der Waals surface area contributed by atoms with Crippen molar-refractivity contribution in [1.29, 1.82) is 0 Å². The lowest BCUT2D eigenvalue weighted by Crippen LogP contribution is -2.16. The molecule has 0 spiro atoms. The van der Waals surface area contributed by atoms with Crippen LogP contribution < -0.4 is 0 Å². The van der Waals surface area contributed by atoms with Gasteiger partial charge in [-0.15, -0.1) is 0 Å². The van der Waals surface area contributed by atoms with Crippen molar-refractivity contribution in [1.82, 2.24) is 0 Å². The van der Waals surface area contributed by atoms with Gasteiger partial charge in [-0.25, -0.2) is 0 Å². The van der Waals surface area contributed by atoms with E-state index in [0.717, 1.165) is 36.8 Å². The monoisotopic (exact) mass is 418 g/mol. The highest BCUT2D eigenvalue weighted by atomic mass is 16.3. The smallest absolute Gasteiger partial charge is 0.126 e. The summed E-state index contributed by atoms with van der Waals surface area (Å²) in [7, 11) is 0. The lowest BCUT2D eigenvalue weighted by atomic mass is 9.75. The van der Waals surface area contributed by atoms with Gasteiger partial charge in [0.2, 0.25) is 0 Å². The van der Waals surface area contributed by atoms with E-state index in [2.05, 4.69) is 13.8 Å². The highest BCUT2D eigenvalue weighted by molar-refractivity contribution is 5.50. The number of aromatic hydroxyl groups is 2. The molecule has 0 aliphatic carbocycles. The van der Waals surface area contributed by atoms with Crippen molar-refractivity contribution in [3.05, 3.63) is 57.6 Å². The van der Waals surface area contributed by atoms with Gasteiger partial charge in [0.1, 0.15) is 11.5 Å². The van der Waals surface area contributed by atoms with E-state index in [1.54, 1.807) is 24.3 Å². The van der Waals surface area contributed by atoms with Crippen molar-refractivity contribution in [3.8, 4) is 11.5 Å². The van der Waals surface area contributed by atoms with E-state index in [0.29, 0.717) is 22.3 Å². The molecular weight excluding hydrogens is 384 g/mol. The Morgan fingerprint density at radius 1 is 0.667 bits per heavy atom. The summed E-state index contributed by atoms with van der Waals surface area (Å²) in [5.74, 6) is -0.159. The number of aliphatic hydroxyl groups is 4. The Hall–Kier alpha value is -2.12. The number of benzene rings is 2. The summed E-state index contributed by atoms with van der Waals surface area (Å²) in [6, 6.07) is 6.99. The lowest BCUT2D eigenvalue weighted by Gasteiger charge is -2.29. The molecule has 166 valence electrons. The van der Waals surface area contributed by atoms with E-state index >= 15 is 0 Å². The molecule has 0 saturated heterocycles. The first kappa shape index (κ1) is 24.2. The fourth-order valence-electron chi connectivity index (χ4n) is 4.22. The van der Waals surface area contributed by atoms with Crippen molar-refractivity contribution in [2.24, 2.45) is 5.92 Å². The van der Waals surface area contributed by atoms with Gasteiger partial charge in [-0.05, 0) is 47.7 Å². The maximum absolute atomic E-state index is 10.3. The quantitative estimate of drug-likeness (QED) is 0.333. The fourth-order valence-corrected chi connectivity index (χ4v) is 4.22. The molecule has 2 aromatic carbocycles. The van der Waals surface area contributed by atoms with Crippen LogP contribution in [0.1, 0.15) is 78.8 Å². The SMILES string of the molecule is CCCCC(CC)C(c1cc(CO)c(O)c(CO)c1)c1cc(CO)c(O)c(CO)c1. The summed E-state index contributed by atoms with van der Waals surface area (Å²) >= 11 is 0. The topological polar surface area (TPSA) is 121 Å². The van der Waals surface area contributed by atoms with Crippen LogP contribution in [0.5, 0.6) is 11.5 Å². The number of phenols is 2. The molecule has 6 heteroatoms. The van der Waals surface area contributed by atoms with Crippen LogP contribution in [-0.4, -0.2) is 30.6 Å². The first-order chi connectivity index (χ1) is 14.4. The Balaban J connectivity index is 2.74. The minimum atomic E-state index is -0.357. The molecule has 0 amide bonds. The second-order valence-corrected chi connectivity index (χ2v) is 7.80. The molecule has 0 aromatic heterocycles. The van der Waals surface area contributed by atoms with Crippen LogP contribution in [0, 0.1) is 5.92 Å². The van der Waals surface area contributed by atoms with Gasteiger partial charge in [0.15, 0.2) is 0 Å². The van der Waals surface area contributed by atoms with Crippen LogP contribution in [-0.2, 0) is 26.4 Å². The molecule has 0 aliphatic rings. The lowest BCUT2D eigenvalue weighted by molar-refractivity contribution is 0.263. The molecule has 6 nitrogen and oxygen atoms in total. The van der Waals surface area contributed by atoms with Crippen LogP contribution in [0.25, 0.3) is 0 Å². The molecule has 0 radical (unpaired) electrons. The molecule has 30 heavy (non-hydrogen) atoms. The van der Waals surface area contributed by atoms with Gasteiger partial charge in [0.05, 0.1) is 26.4 Å². The van der Waals surface area contributed by atoms with Gasteiger partial charge < -0.3 is 30.6 Å². The number of hydrogen-bond donors (Lipinski definition) is 6. The maximum Gasteiger partial charge on any atom is 0.126 e. The zero-order chi connectivity index (χ0) is 22.3. The minimum absolute atomic E-state index is 0.109. The molecule has 0 saturated carbocycles. The highest BCUT2D eigenvalue weighted by Gasteiger charge is 2.27. The van der Waals surface area contributed by atoms with Gasteiger partial charge >= 0.3 is 0 Å². The van der Waals surface area contributed by atoms with Gasteiger partial charge in [-0.3, -0.25) is 0 Å². The third-order valence-corrected chi connectivity index (χ3v) is 5.90. The van der Waals surface area contributed by atoms with E-state index in [-0.39, 0.29) is 49.8 Å². The van der Waals surface area contributed by atoms with Crippen molar-refractivity contribution in [3.63, 3.8) is 0 Å². The Labute approximate surface area is 178 Å². The van der Waals surface area contributed by atoms with Crippen molar-refractivity contribution >= 4 is 0 Å². The second kappa shape index (κ2) is 11.3. The summed E-state index contributed by atoms with van der Waals surface area (Å²) in [6.45, 7) is 2.81. The van der Waals surface area contributed by atoms with E-state index in [1.165, 1.54) is 0 Å². The third-order valence-electron chi connectivity index (χ3n) is 5.90. The number of aliphatic hydroxyl groups excluding tert-OH is 4. The van der Waals surface area contributed by atoms with E-state index in [4.69, 9.17) is 0 Å². The molecular formula is C24H34O6. The first-order valence-corrected chi connectivity index (χ1v) is 10.6. The second-order valence-electron chi connectivity index (χ2n) is 7.80. The number of rotatable bonds is 11. The Morgan fingerprint density at radius 2 is 1.03 bits per heavy atom. The Kier molecular flexibility index (Phi) is 9.11. The summed E-state index contributed by atoms with van der Waals surface area (Å²) in [5, 5.41) is 59.4. The predicted octanol–water partition coefficient (Wildman–Crippen LogP) is 3.42. The summed E-state index contributed by atoms with van der Waals surface area (Å²) in [6.07, 6.45) is 3.90. The summed E-state index contributed by atoms with van der Waals surface area (Å²) in [4.78, 5) is 0. The van der Waals surface area contributed by atoms with Crippen LogP contribution in [0.4, 0.5) is 0 Å². The molecule has 2 aromatic rings. The average molecular weight is 419 g/mol. The third kappa shape index (κ3) is 5.13. The van der Waals surface area contributed by atoms with Crippen LogP contribution >= 0.6 is 0 Å². The fraction of sp³-hybridized carbons (Fsp3) is 0.500. The van der Waals surface area contributed by atoms with Gasteiger partial charge in [-0.1, -0.05) is 33.1 Å². The Morgan fingerprint density at radius 3 is 1.30 bits per heavy atom. The van der Waals surface area contributed by atoms with Crippen LogP contribution in [0.2, 0.25) is 0 Å². The maximum atomic E-state index is 10.3. The molecule has 6 N–H and O–H groups in total. The number of unbranched alkanes of at least 4 members (excludes halogenated alkanes) is 1. The molecule has 0 bridgehead atoms. The van der Waals surface area contributed by atoms with Crippen molar-refractivity contribution in [2.75, 3.05) is 0 Å². The van der Waals surface area contributed by atoms with E-state index in [9.17, 15) is 30.6 Å². The summed E-state index contributed by atoms with van der Waals surface area (Å²) < 4.78 is 0. The predicted molar refractivity (Wildman–Crippen MR) is 115 cm³/mol. The molecule has 2 rings (SSSR count). The number of hydrogen-bond acceptors (Lipinski definition) is 6. The van der Waals surface area contributed by atoms with Crippen LogP contribution in [0.3, 0.4) is 0 Å². The summed E-state index contributed by atoms with van der Waals surface area (Å²) in [5.41, 5.74) is 3.04. The molecule has 1 atom stereocenters. The van der Waals surface area contributed by atoms with Crippen molar-refractivity contribution in [2.45, 2.75) is 71.9 Å². The highest BCUT2D eigenvalue weighted by Crippen LogP contribution is 2.41. The van der Waals surface area contributed by atoms with E-state index in [1.807, 2.05) is 0 Å². The van der Waals surface area contributed by atoms with Gasteiger partial charge in [-0.2, -0.15) is 0 Å². The zero-order valence-electron chi connectivity index (χ0n) is 17.8. The average Bonchev–Trinajstić information content (AvgIpc) is 2.77. The molecule has 1 unspecified atom stereocenters. The molecule has 0 heterocycles. The largest absolute Gasteiger partial charge is 0.507 e. The Bertz CT molecular complexity index is 721. The van der Waals surface area contributed by atoms with Gasteiger partial charge in [0.25, 0.3) is 0 Å². The van der Waals surface area contributed by atoms with Crippen LogP contribution in [0.15, 0.2) is 24.3 Å². The minimum Gasteiger partial charge on any atom is -0.507 e. The van der Waals surface area contributed by atoms with E-state index < -0.39 is 0 Å². The first-order valence-electron chi connectivity index (χ1n) is 10.6. The van der Waals surface area contributed by atoms with Crippen molar-refractivity contribution < 1.29 is 30.6 Å². The molecule has 0 fully saturated rings. The van der Waals surface area contributed by atoms with Gasteiger partial charge in [0, 0.05) is 28.2 Å². The molecule has 0 aliphatic heterocycles.